The Labute approximate surface area is 119 Å². The molecule has 0 bridgehead atoms. The lowest BCUT2D eigenvalue weighted by Crippen LogP contribution is -2.43. The van der Waals surface area contributed by atoms with E-state index in [1.165, 1.54) is 18.4 Å². The van der Waals surface area contributed by atoms with Gasteiger partial charge in [0.2, 0.25) is 5.91 Å². The fourth-order valence-corrected chi connectivity index (χ4v) is 2.30. The van der Waals surface area contributed by atoms with Crippen LogP contribution in [0.2, 0.25) is 0 Å². The first kappa shape index (κ1) is 16.1. The predicted octanol–water partition coefficient (Wildman–Crippen LogP) is 0.271. The summed E-state index contributed by atoms with van der Waals surface area (Å²) < 4.78 is 4.57. The number of hydrogen-bond donors (Lipinski definition) is 3. The van der Waals surface area contributed by atoms with Gasteiger partial charge in [-0.25, -0.2) is 0 Å². The molecule has 0 saturated carbocycles. The van der Waals surface area contributed by atoms with E-state index < -0.39 is 36.4 Å². The highest BCUT2D eigenvalue weighted by Crippen LogP contribution is 2.22. The molecule has 4 N–H and O–H groups in total. The molecule has 2 unspecified atom stereocenters. The van der Waals surface area contributed by atoms with E-state index in [1.807, 2.05) is 5.38 Å². The van der Waals surface area contributed by atoms with Crippen molar-refractivity contribution in [3.8, 4) is 0 Å². The van der Waals surface area contributed by atoms with Crippen molar-refractivity contribution in [2.45, 2.75) is 24.9 Å². The van der Waals surface area contributed by atoms with Crippen molar-refractivity contribution in [2.24, 2.45) is 5.73 Å². The number of rotatable bonds is 7. The molecule has 1 aromatic heterocycles. The van der Waals surface area contributed by atoms with E-state index in [0.29, 0.717) is 0 Å². The molecule has 1 amide bonds. The van der Waals surface area contributed by atoms with Gasteiger partial charge in [-0.1, -0.05) is 6.07 Å². The van der Waals surface area contributed by atoms with E-state index in [0.717, 1.165) is 4.88 Å². The first-order valence-corrected chi connectivity index (χ1v) is 6.70. The van der Waals surface area contributed by atoms with Crippen LogP contribution in [0, 0.1) is 0 Å². The van der Waals surface area contributed by atoms with Crippen LogP contribution in [0.3, 0.4) is 0 Å². The Morgan fingerprint density at radius 1 is 1.45 bits per heavy atom. The molecule has 8 heteroatoms. The minimum Gasteiger partial charge on any atom is -0.481 e. The molecule has 20 heavy (non-hydrogen) atoms. The van der Waals surface area contributed by atoms with Crippen LogP contribution in [0.5, 0.6) is 0 Å². The second-order valence-corrected chi connectivity index (χ2v) is 5.04. The molecule has 0 spiro atoms. The fraction of sp³-hybridized carbons (Fsp3) is 0.417. The Morgan fingerprint density at radius 2 is 2.15 bits per heavy atom. The molecular formula is C12H16N2O5S. The normalized spacial score (nSPS) is 13.3. The lowest BCUT2D eigenvalue weighted by atomic mass is 10.1. The molecule has 0 radical (unpaired) electrons. The molecule has 0 aliphatic carbocycles. The Bertz CT molecular complexity index is 474. The third-order valence-corrected chi connectivity index (χ3v) is 3.52. The lowest BCUT2D eigenvalue weighted by Gasteiger charge is -2.18. The average molecular weight is 300 g/mol. The molecule has 7 nitrogen and oxygen atoms in total. The van der Waals surface area contributed by atoms with E-state index in [2.05, 4.69) is 10.1 Å². The van der Waals surface area contributed by atoms with Crippen molar-refractivity contribution < 1.29 is 24.2 Å². The molecule has 0 fully saturated rings. The SMILES string of the molecule is COC(=O)CC(NC(=O)C(N)CC(=O)O)c1cccs1. The van der Waals surface area contributed by atoms with Crippen molar-refractivity contribution >= 4 is 29.2 Å². The zero-order chi connectivity index (χ0) is 15.1. The highest BCUT2D eigenvalue weighted by atomic mass is 32.1. The average Bonchev–Trinajstić information content (AvgIpc) is 2.90. The van der Waals surface area contributed by atoms with Crippen LogP contribution >= 0.6 is 11.3 Å². The standard InChI is InChI=1S/C12H16N2O5S/c1-19-11(17)6-8(9-3-2-4-20-9)14-12(18)7(13)5-10(15)16/h2-4,7-8H,5-6,13H2,1H3,(H,14,18)(H,15,16). The highest BCUT2D eigenvalue weighted by molar-refractivity contribution is 7.10. The largest absolute Gasteiger partial charge is 0.481 e. The molecule has 1 rings (SSSR count). The van der Waals surface area contributed by atoms with Gasteiger partial charge in [0.15, 0.2) is 0 Å². The monoisotopic (exact) mass is 300 g/mol. The van der Waals surface area contributed by atoms with Crippen molar-refractivity contribution in [3.05, 3.63) is 22.4 Å². The third kappa shape index (κ3) is 4.98. The number of esters is 1. The maximum absolute atomic E-state index is 11.8. The van der Waals surface area contributed by atoms with Crippen LogP contribution in [0.15, 0.2) is 17.5 Å². The summed E-state index contributed by atoms with van der Waals surface area (Å²) in [6.45, 7) is 0. The maximum Gasteiger partial charge on any atom is 0.307 e. The number of nitrogens with one attached hydrogen (secondary N) is 1. The minimum atomic E-state index is -1.16. The van der Waals surface area contributed by atoms with Crippen LogP contribution in [0.1, 0.15) is 23.8 Å². The van der Waals surface area contributed by atoms with Crippen LogP contribution in [-0.4, -0.2) is 36.1 Å². The van der Waals surface area contributed by atoms with Gasteiger partial charge in [0.1, 0.15) is 0 Å². The van der Waals surface area contributed by atoms with Gasteiger partial charge in [0.05, 0.1) is 32.0 Å². The molecule has 1 aromatic rings. The van der Waals surface area contributed by atoms with Gasteiger partial charge in [-0.3, -0.25) is 14.4 Å². The summed E-state index contributed by atoms with van der Waals surface area (Å²) in [5.74, 6) is -2.25. The Balaban J connectivity index is 2.72. The fourth-order valence-electron chi connectivity index (χ4n) is 1.52. The first-order chi connectivity index (χ1) is 9.43. The maximum atomic E-state index is 11.8. The number of carboxylic acid groups (broad SMARTS) is 1. The zero-order valence-electron chi connectivity index (χ0n) is 10.9. The highest BCUT2D eigenvalue weighted by Gasteiger charge is 2.24. The van der Waals surface area contributed by atoms with E-state index >= 15 is 0 Å². The number of nitrogens with two attached hydrogens (primary N) is 1. The van der Waals surface area contributed by atoms with Crippen LogP contribution in [-0.2, 0) is 19.1 Å². The van der Waals surface area contributed by atoms with Gasteiger partial charge in [0, 0.05) is 4.88 Å². The number of aliphatic carboxylic acids is 1. The lowest BCUT2D eigenvalue weighted by molar-refractivity contribution is -0.142. The van der Waals surface area contributed by atoms with Crippen LogP contribution < -0.4 is 11.1 Å². The minimum absolute atomic E-state index is 0.0391. The van der Waals surface area contributed by atoms with Crippen LogP contribution in [0.25, 0.3) is 0 Å². The number of carbonyl (C=O) groups excluding carboxylic acids is 2. The number of ether oxygens (including phenoxy) is 1. The summed E-state index contributed by atoms with van der Waals surface area (Å²) in [5, 5.41) is 13.0. The number of amides is 1. The van der Waals surface area contributed by atoms with E-state index in [9.17, 15) is 14.4 Å². The molecule has 0 aromatic carbocycles. The Kier molecular flexibility index (Phi) is 6.13. The predicted molar refractivity (Wildman–Crippen MR) is 72.1 cm³/mol. The smallest absolute Gasteiger partial charge is 0.307 e. The molecule has 1 heterocycles. The molecule has 0 aliphatic rings. The number of methoxy groups -OCH3 is 1. The quantitative estimate of drug-likeness (QED) is 0.622. The molecule has 110 valence electrons. The second-order valence-electron chi connectivity index (χ2n) is 4.06. The molecule has 0 saturated heterocycles. The number of hydrogen-bond acceptors (Lipinski definition) is 6. The summed E-state index contributed by atoms with van der Waals surface area (Å²) in [6.07, 6.45) is -0.510. The number of carboxylic acids is 1. The van der Waals surface area contributed by atoms with Gasteiger partial charge in [0.25, 0.3) is 0 Å². The number of thiophene rings is 1. The van der Waals surface area contributed by atoms with Gasteiger partial charge < -0.3 is 20.9 Å². The van der Waals surface area contributed by atoms with Gasteiger partial charge in [-0.15, -0.1) is 11.3 Å². The first-order valence-electron chi connectivity index (χ1n) is 5.82. The second kappa shape index (κ2) is 7.61. The van der Waals surface area contributed by atoms with Crippen molar-refractivity contribution in [1.82, 2.24) is 5.32 Å². The van der Waals surface area contributed by atoms with Gasteiger partial charge in [-0.2, -0.15) is 0 Å². The summed E-state index contributed by atoms with van der Waals surface area (Å²) in [6, 6.07) is 1.82. The van der Waals surface area contributed by atoms with Crippen molar-refractivity contribution in [3.63, 3.8) is 0 Å². The molecule has 0 aliphatic heterocycles. The van der Waals surface area contributed by atoms with E-state index in [1.54, 1.807) is 12.1 Å². The summed E-state index contributed by atoms with van der Waals surface area (Å²) >= 11 is 1.37. The molecule has 2 atom stereocenters. The zero-order valence-corrected chi connectivity index (χ0v) is 11.7. The molecular weight excluding hydrogens is 284 g/mol. The Morgan fingerprint density at radius 3 is 2.65 bits per heavy atom. The summed E-state index contributed by atoms with van der Waals surface area (Å²) in [5.41, 5.74) is 5.48. The summed E-state index contributed by atoms with van der Waals surface area (Å²) in [4.78, 5) is 34.4. The Hall–Kier alpha value is -1.93. The topological polar surface area (TPSA) is 119 Å². The van der Waals surface area contributed by atoms with Gasteiger partial charge in [-0.05, 0) is 11.4 Å². The van der Waals surface area contributed by atoms with Crippen LogP contribution in [0.4, 0.5) is 0 Å². The summed E-state index contributed by atoms with van der Waals surface area (Å²) in [7, 11) is 1.26. The van der Waals surface area contributed by atoms with Crippen molar-refractivity contribution in [1.29, 1.82) is 0 Å². The number of carbonyl (C=O) groups is 3. The third-order valence-electron chi connectivity index (χ3n) is 2.53. The van der Waals surface area contributed by atoms with E-state index in [4.69, 9.17) is 10.8 Å². The van der Waals surface area contributed by atoms with Crippen molar-refractivity contribution in [2.75, 3.05) is 7.11 Å². The van der Waals surface area contributed by atoms with E-state index in [-0.39, 0.29) is 6.42 Å². The van der Waals surface area contributed by atoms with Gasteiger partial charge >= 0.3 is 11.9 Å².